The van der Waals surface area contributed by atoms with E-state index in [0.29, 0.717) is 0 Å². The van der Waals surface area contributed by atoms with E-state index in [1.807, 2.05) is 30.3 Å². The predicted octanol–water partition coefficient (Wildman–Crippen LogP) is 4.23. The summed E-state index contributed by atoms with van der Waals surface area (Å²) in [5.74, 6) is 0.0154. The molecule has 7 nitrogen and oxygen atoms in total. The van der Waals surface area contributed by atoms with Gasteiger partial charge in [0.1, 0.15) is 5.82 Å². The first kappa shape index (κ1) is 27.0. The fourth-order valence-corrected chi connectivity index (χ4v) is 5.02. The Labute approximate surface area is 214 Å². The van der Waals surface area contributed by atoms with Crippen LogP contribution in [0.3, 0.4) is 0 Å². The summed E-state index contributed by atoms with van der Waals surface area (Å²) in [7, 11) is 0. The number of piperidine rings is 1. The molecule has 0 radical (unpaired) electrons. The van der Waals surface area contributed by atoms with E-state index in [9.17, 15) is 14.7 Å². The molecule has 0 spiro atoms. The van der Waals surface area contributed by atoms with Gasteiger partial charge in [0, 0.05) is 18.8 Å². The van der Waals surface area contributed by atoms with E-state index in [0.717, 1.165) is 81.8 Å². The summed E-state index contributed by atoms with van der Waals surface area (Å²) in [5, 5.41) is 15.7. The molecule has 2 aromatic rings. The predicted molar refractivity (Wildman–Crippen MR) is 140 cm³/mol. The lowest BCUT2D eigenvalue weighted by Crippen LogP contribution is -2.44. The molecule has 2 aliphatic heterocycles. The van der Waals surface area contributed by atoms with Gasteiger partial charge in [0.05, 0.1) is 18.4 Å². The van der Waals surface area contributed by atoms with Crippen LogP contribution in [0.1, 0.15) is 61.4 Å². The number of anilines is 1. The minimum absolute atomic E-state index is 0. The van der Waals surface area contributed by atoms with Gasteiger partial charge < -0.3 is 20.6 Å². The average molecular weight is 501 g/mol. The lowest BCUT2D eigenvalue weighted by Gasteiger charge is -2.33. The number of aryl methyl sites for hydroxylation is 2. The van der Waals surface area contributed by atoms with Crippen molar-refractivity contribution in [1.29, 1.82) is 0 Å². The highest BCUT2D eigenvalue weighted by atomic mass is 35.5. The van der Waals surface area contributed by atoms with Crippen LogP contribution in [0.5, 0.6) is 0 Å². The summed E-state index contributed by atoms with van der Waals surface area (Å²) in [5.41, 5.74) is 3.30. The molecule has 1 unspecified atom stereocenters. The van der Waals surface area contributed by atoms with Gasteiger partial charge in [-0.1, -0.05) is 36.4 Å². The zero-order valence-corrected chi connectivity index (χ0v) is 21.1. The molecular weight excluding hydrogens is 464 g/mol. The first-order valence-electron chi connectivity index (χ1n) is 12.6. The summed E-state index contributed by atoms with van der Waals surface area (Å²) in [6, 6.07) is 13.2. The van der Waals surface area contributed by atoms with Gasteiger partial charge in [-0.15, -0.1) is 12.4 Å². The quantitative estimate of drug-likeness (QED) is 0.423. The first-order chi connectivity index (χ1) is 16.6. The van der Waals surface area contributed by atoms with E-state index in [1.165, 1.54) is 12.0 Å². The molecule has 1 fully saturated rings. The first-order valence-corrected chi connectivity index (χ1v) is 12.6. The largest absolute Gasteiger partial charge is 0.481 e. The van der Waals surface area contributed by atoms with Crippen LogP contribution < -0.4 is 10.6 Å². The van der Waals surface area contributed by atoms with Crippen molar-refractivity contribution in [3.63, 3.8) is 0 Å². The fourth-order valence-electron chi connectivity index (χ4n) is 5.02. The van der Waals surface area contributed by atoms with Crippen molar-refractivity contribution in [2.24, 2.45) is 5.92 Å². The van der Waals surface area contributed by atoms with Crippen molar-refractivity contribution < 1.29 is 14.7 Å². The number of carbonyl (C=O) groups excluding carboxylic acids is 1. The third-order valence-corrected chi connectivity index (χ3v) is 6.88. The molecule has 2 atom stereocenters. The highest BCUT2D eigenvalue weighted by Gasteiger charge is 2.28. The van der Waals surface area contributed by atoms with Crippen LogP contribution >= 0.6 is 12.4 Å². The molecule has 1 aromatic heterocycles. The zero-order chi connectivity index (χ0) is 23.8. The van der Waals surface area contributed by atoms with E-state index in [2.05, 4.69) is 27.7 Å². The molecule has 0 saturated carbocycles. The molecule has 1 aromatic carbocycles. The van der Waals surface area contributed by atoms with Gasteiger partial charge in [-0.2, -0.15) is 0 Å². The number of aromatic nitrogens is 1. The Morgan fingerprint density at radius 1 is 1.14 bits per heavy atom. The number of unbranched alkanes of at least 4 members (excludes halogenated alkanes) is 1. The summed E-state index contributed by atoms with van der Waals surface area (Å²) in [4.78, 5) is 31.5. The number of nitrogens with one attached hydrogen (secondary N) is 2. The maximum absolute atomic E-state index is 13.0. The number of hydrogen-bond acceptors (Lipinski definition) is 5. The third-order valence-electron chi connectivity index (χ3n) is 6.88. The number of nitrogens with zero attached hydrogens (tertiary/aromatic N) is 2. The monoisotopic (exact) mass is 500 g/mol. The SMILES string of the molecule is Cl.O=C(O)CC(NC(=O)[C@@H]1CCCN(CCCCc2ccc3c(n2)NCCC3)C1)c1ccccc1. The van der Waals surface area contributed by atoms with Crippen molar-refractivity contribution >= 4 is 30.1 Å². The van der Waals surface area contributed by atoms with Gasteiger partial charge in [-0.3, -0.25) is 9.59 Å². The molecule has 3 N–H and O–H groups in total. The Bertz CT molecular complexity index is 972. The van der Waals surface area contributed by atoms with Crippen LogP contribution in [0.4, 0.5) is 5.82 Å². The van der Waals surface area contributed by atoms with Gasteiger partial charge in [0.2, 0.25) is 5.91 Å². The van der Waals surface area contributed by atoms with E-state index >= 15 is 0 Å². The number of likely N-dealkylation sites (tertiary alicyclic amines) is 1. The Morgan fingerprint density at radius 2 is 1.97 bits per heavy atom. The lowest BCUT2D eigenvalue weighted by atomic mass is 9.95. The van der Waals surface area contributed by atoms with Gasteiger partial charge in [0.25, 0.3) is 0 Å². The maximum Gasteiger partial charge on any atom is 0.305 e. The number of carboxylic acids is 1. The number of rotatable bonds is 10. The van der Waals surface area contributed by atoms with Gasteiger partial charge >= 0.3 is 5.97 Å². The third kappa shape index (κ3) is 7.94. The van der Waals surface area contributed by atoms with E-state index in [4.69, 9.17) is 4.98 Å². The van der Waals surface area contributed by atoms with Gasteiger partial charge in [-0.25, -0.2) is 4.98 Å². The molecule has 1 saturated heterocycles. The standard InChI is InChI=1S/C27H36N4O3.ClH/c32-25(33)18-24(20-8-2-1-3-9-20)30-27(34)22-11-7-17-31(19-22)16-5-4-12-23-14-13-21-10-6-15-28-26(21)29-23;/h1-3,8-9,13-14,22,24H,4-7,10-12,15-19H2,(H,28,29)(H,30,34)(H,32,33);1H/t22-,24?;/m1./s1. The lowest BCUT2D eigenvalue weighted by molar-refractivity contribution is -0.138. The number of pyridine rings is 1. The van der Waals surface area contributed by atoms with Crippen LogP contribution in [-0.2, 0) is 22.4 Å². The number of carbonyl (C=O) groups is 2. The molecule has 8 heteroatoms. The number of halogens is 1. The normalized spacial score (nSPS) is 18.5. The second-order valence-electron chi connectivity index (χ2n) is 9.51. The van der Waals surface area contributed by atoms with Crippen molar-refractivity contribution in [3.05, 3.63) is 59.3 Å². The van der Waals surface area contributed by atoms with Crippen LogP contribution in [0.15, 0.2) is 42.5 Å². The van der Waals surface area contributed by atoms with Crippen LogP contribution in [0.25, 0.3) is 0 Å². The molecule has 2 aliphatic rings. The number of fused-ring (bicyclic) bond motifs is 1. The topological polar surface area (TPSA) is 94.6 Å². The number of hydrogen-bond donors (Lipinski definition) is 3. The van der Waals surface area contributed by atoms with E-state index < -0.39 is 12.0 Å². The molecular formula is C27H37ClN4O3. The molecule has 3 heterocycles. The summed E-state index contributed by atoms with van der Waals surface area (Å²) < 4.78 is 0. The molecule has 1 amide bonds. The summed E-state index contributed by atoms with van der Waals surface area (Å²) in [6.07, 6.45) is 7.14. The Balaban J connectivity index is 0.00000342. The van der Waals surface area contributed by atoms with Crippen molar-refractivity contribution in [2.75, 3.05) is 31.5 Å². The Kier molecular flexibility index (Phi) is 10.4. The molecule has 0 aliphatic carbocycles. The van der Waals surface area contributed by atoms with E-state index in [1.54, 1.807) is 0 Å². The smallest absolute Gasteiger partial charge is 0.305 e. The maximum atomic E-state index is 13.0. The molecule has 0 bridgehead atoms. The van der Waals surface area contributed by atoms with Gasteiger partial charge in [0.15, 0.2) is 0 Å². The number of carboxylic acid groups (broad SMARTS) is 1. The van der Waals surface area contributed by atoms with Gasteiger partial charge in [-0.05, 0) is 75.2 Å². The highest BCUT2D eigenvalue weighted by Crippen LogP contribution is 2.23. The minimum Gasteiger partial charge on any atom is -0.481 e. The van der Waals surface area contributed by atoms with Crippen LogP contribution in [-0.4, -0.2) is 53.0 Å². The number of amides is 1. The Morgan fingerprint density at radius 3 is 2.77 bits per heavy atom. The van der Waals surface area contributed by atoms with Crippen LogP contribution in [0.2, 0.25) is 0 Å². The molecule has 35 heavy (non-hydrogen) atoms. The van der Waals surface area contributed by atoms with Crippen LogP contribution in [0, 0.1) is 5.92 Å². The van der Waals surface area contributed by atoms with Crippen molar-refractivity contribution in [3.8, 4) is 0 Å². The second kappa shape index (κ2) is 13.4. The second-order valence-corrected chi connectivity index (χ2v) is 9.51. The molecule has 190 valence electrons. The molecule has 4 rings (SSSR count). The Hall–Kier alpha value is -2.64. The van der Waals surface area contributed by atoms with E-state index in [-0.39, 0.29) is 30.7 Å². The number of aliphatic carboxylic acids is 1. The summed E-state index contributed by atoms with van der Waals surface area (Å²) >= 11 is 0. The highest BCUT2D eigenvalue weighted by molar-refractivity contribution is 5.85. The average Bonchev–Trinajstić information content (AvgIpc) is 2.86. The van der Waals surface area contributed by atoms with Crippen molar-refractivity contribution in [1.82, 2.24) is 15.2 Å². The minimum atomic E-state index is -0.913. The number of benzene rings is 1. The zero-order valence-electron chi connectivity index (χ0n) is 20.2. The van der Waals surface area contributed by atoms with Crippen molar-refractivity contribution in [2.45, 2.75) is 57.4 Å². The fraction of sp³-hybridized carbons (Fsp3) is 0.519. The summed E-state index contributed by atoms with van der Waals surface area (Å²) in [6.45, 7) is 3.74.